The zero-order valence-corrected chi connectivity index (χ0v) is 19.0. The van der Waals surface area contributed by atoms with E-state index in [1.165, 1.54) is 6.92 Å². The largest absolute Gasteiger partial charge is 0.506 e. The molecule has 0 radical (unpaired) electrons. The number of aromatic nitrogens is 1. The van der Waals surface area contributed by atoms with E-state index >= 15 is 0 Å². The van der Waals surface area contributed by atoms with Crippen LogP contribution in [0.2, 0.25) is 0 Å². The van der Waals surface area contributed by atoms with Gasteiger partial charge < -0.3 is 14.7 Å². The zero-order valence-electron chi connectivity index (χ0n) is 15.9. The molecule has 0 bridgehead atoms. The van der Waals surface area contributed by atoms with Crippen molar-refractivity contribution in [3.63, 3.8) is 0 Å². The minimum absolute atomic E-state index is 0.00140. The van der Waals surface area contributed by atoms with Gasteiger partial charge in [-0.3, -0.25) is 9.59 Å². The molecule has 1 N–H and O–H groups in total. The number of hydrogen-bond donors (Lipinski definition) is 1. The lowest BCUT2D eigenvalue weighted by atomic mass is 10.0. The quantitative estimate of drug-likeness (QED) is 0.469. The Morgan fingerprint density at radius 1 is 1.03 bits per heavy atom. The van der Waals surface area contributed by atoms with Gasteiger partial charge in [-0.1, -0.05) is 24.3 Å². The number of amides is 1. The molecule has 152 valence electrons. The van der Waals surface area contributed by atoms with E-state index in [9.17, 15) is 14.7 Å². The molecule has 6 nitrogen and oxygen atoms in total. The third kappa shape index (κ3) is 3.85. The summed E-state index contributed by atoms with van der Waals surface area (Å²) >= 11 is 6.53. The number of ether oxygens (including phenoxy) is 1. The van der Waals surface area contributed by atoms with E-state index < -0.39 is 0 Å². The number of Topliss-reactive ketones (excluding diaryl/α,β-unsaturated/α-hetero) is 1. The second-order valence-corrected chi connectivity index (χ2v) is 8.48. The third-order valence-corrected chi connectivity index (χ3v) is 6.02. The van der Waals surface area contributed by atoms with Crippen LogP contribution in [0.15, 0.2) is 57.6 Å². The average molecular weight is 532 g/mol. The fraction of sp³-hybridized carbons (Fsp3) is 0.136. The molecule has 1 aliphatic rings. The van der Waals surface area contributed by atoms with Crippen LogP contribution in [-0.4, -0.2) is 34.9 Å². The molecule has 2 aromatic carbocycles. The van der Waals surface area contributed by atoms with Crippen LogP contribution in [0.3, 0.4) is 0 Å². The fourth-order valence-corrected chi connectivity index (χ4v) is 4.40. The number of fused-ring (bicyclic) bond motifs is 1. The molecular formula is C22H16Br2N2O4. The van der Waals surface area contributed by atoms with E-state index in [0.29, 0.717) is 44.8 Å². The highest BCUT2D eigenvalue weighted by atomic mass is 79.9. The number of nitrogens with zero attached hydrogens (tertiary/aromatic N) is 2. The van der Waals surface area contributed by atoms with Gasteiger partial charge in [0.1, 0.15) is 18.0 Å². The van der Waals surface area contributed by atoms with Crippen molar-refractivity contribution in [1.29, 1.82) is 0 Å². The van der Waals surface area contributed by atoms with Gasteiger partial charge in [0, 0.05) is 22.9 Å². The Balaban J connectivity index is 1.72. The number of pyridine rings is 1. The van der Waals surface area contributed by atoms with Crippen molar-refractivity contribution in [3.8, 4) is 22.8 Å². The molecule has 0 aliphatic carbocycles. The number of rotatable bonds is 3. The first-order valence-corrected chi connectivity index (χ1v) is 10.7. The molecule has 1 aromatic heterocycles. The number of carbonyl (C=O) groups excluding carboxylic acids is 2. The molecule has 1 amide bonds. The Kier molecular flexibility index (Phi) is 5.62. The summed E-state index contributed by atoms with van der Waals surface area (Å²) in [5.41, 5.74) is 3.30. The molecule has 3 aromatic rings. The maximum atomic E-state index is 13.2. The van der Waals surface area contributed by atoms with Crippen LogP contribution in [0.4, 0.5) is 5.69 Å². The van der Waals surface area contributed by atoms with Gasteiger partial charge in [0.2, 0.25) is 5.88 Å². The lowest BCUT2D eigenvalue weighted by molar-refractivity contribution is 0.0974. The number of anilines is 1. The number of phenolic OH excluding ortho intramolecular Hbond substituents is 1. The van der Waals surface area contributed by atoms with Crippen LogP contribution in [0.1, 0.15) is 27.6 Å². The monoisotopic (exact) mass is 530 g/mol. The van der Waals surface area contributed by atoms with Gasteiger partial charge in [0.25, 0.3) is 5.91 Å². The number of halogens is 2. The van der Waals surface area contributed by atoms with Crippen molar-refractivity contribution < 1.29 is 19.4 Å². The summed E-state index contributed by atoms with van der Waals surface area (Å²) in [5, 5.41) is 9.93. The topological polar surface area (TPSA) is 79.7 Å². The molecular weight excluding hydrogens is 516 g/mol. The second kappa shape index (κ2) is 8.20. The standard InChI is InChI=1S/C22H16Br2N2O4/c1-12(27)13-2-4-14(5-3-13)16-10-19-21(25-11-16)30-7-6-26(19)22(29)15-8-17(23)20(28)18(24)9-15/h2-5,8-11,28H,6-7H2,1H3. The van der Waals surface area contributed by atoms with E-state index in [0.717, 1.165) is 11.1 Å². The minimum Gasteiger partial charge on any atom is -0.506 e. The Labute approximate surface area is 189 Å². The molecule has 2 heterocycles. The van der Waals surface area contributed by atoms with Crippen molar-refractivity contribution in [2.45, 2.75) is 6.92 Å². The summed E-state index contributed by atoms with van der Waals surface area (Å²) in [6.45, 7) is 2.23. The van der Waals surface area contributed by atoms with Crippen LogP contribution in [0.5, 0.6) is 11.6 Å². The molecule has 0 spiro atoms. The van der Waals surface area contributed by atoms with Crippen molar-refractivity contribution in [2.75, 3.05) is 18.1 Å². The first-order chi connectivity index (χ1) is 14.3. The molecule has 1 aliphatic heterocycles. The molecule has 0 atom stereocenters. The summed E-state index contributed by atoms with van der Waals surface area (Å²) in [4.78, 5) is 30.7. The van der Waals surface area contributed by atoms with Gasteiger partial charge in [-0.2, -0.15) is 0 Å². The van der Waals surface area contributed by atoms with E-state index in [2.05, 4.69) is 36.8 Å². The summed E-state index contributed by atoms with van der Waals surface area (Å²) in [7, 11) is 0. The van der Waals surface area contributed by atoms with Crippen LogP contribution < -0.4 is 9.64 Å². The number of carbonyl (C=O) groups is 2. The highest BCUT2D eigenvalue weighted by Crippen LogP contribution is 2.37. The van der Waals surface area contributed by atoms with E-state index in [-0.39, 0.29) is 17.4 Å². The van der Waals surface area contributed by atoms with Crippen LogP contribution in [0.25, 0.3) is 11.1 Å². The molecule has 0 saturated heterocycles. The molecule has 30 heavy (non-hydrogen) atoms. The lowest BCUT2D eigenvalue weighted by Gasteiger charge is -2.29. The number of ketones is 1. The highest BCUT2D eigenvalue weighted by molar-refractivity contribution is 9.11. The smallest absolute Gasteiger partial charge is 0.258 e. The van der Waals surface area contributed by atoms with E-state index in [1.54, 1.807) is 35.4 Å². The molecule has 0 saturated carbocycles. The van der Waals surface area contributed by atoms with Gasteiger partial charge in [-0.15, -0.1) is 0 Å². The maximum Gasteiger partial charge on any atom is 0.258 e. The Hall–Kier alpha value is -2.71. The summed E-state index contributed by atoms with van der Waals surface area (Å²) in [5.74, 6) is 0.191. The van der Waals surface area contributed by atoms with E-state index in [1.807, 2.05) is 18.2 Å². The average Bonchev–Trinajstić information content (AvgIpc) is 2.76. The van der Waals surface area contributed by atoms with Gasteiger partial charge >= 0.3 is 0 Å². The van der Waals surface area contributed by atoms with Crippen molar-refractivity contribution in [1.82, 2.24) is 4.98 Å². The van der Waals surface area contributed by atoms with Gasteiger partial charge in [-0.25, -0.2) is 4.98 Å². The molecule has 4 rings (SSSR count). The second-order valence-electron chi connectivity index (χ2n) is 6.78. The number of hydrogen-bond acceptors (Lipinski definition) is 5. The van der Waals surface area contributed by atoms with E-state index in [4.69, 9.17) is 4.74 Å². The molecule has 8 heteroatoms. The van der Waals surface area contributed by atoms with Crippen molar-refractivity contribution in [2.24, 2.45) is 0 Å². The lowest BCUT2D eigenvalue weighted by Crippen LogP contribution is -2.38. The summed E-state index contributed by atoms with van der Waals surface area (Å²) in [6, 6.07) is 12.2. The van der Waals surface area contributed by atoms with Crippen LogP contribution >= 0.6 is 31.9 Å². The predicted molar refractivity (Wildman–Crippen MR) is 120 cm³/mol. The number of benzene rings is 2. The fourth-order valence-electron chi connectivity index (χ4n) is 3.21. The molecule has 0 fully saturated rings. The predicted octanol–water partition coefficient (Wildman–Crippen LogP) is 5.22. The first-order valence-electron chi connectivity index (χ1n) is 9.09. The van der Waals surface area contributed by atoms with Gasteiger partial charge in [0.15, 0.2) is 5.78 Å². The Morgan fingerprint density at radius 2 is 1.70 bits per heavy atom. The Morgan fingerprint density at radius 3 is 2.33 bits per heavy atom. The maximum absolute atomic E-state index is 13.2. The normalized spacial score (nSPS) is 12.8. The van der Waals surface area contributed by atoms with Gasteiger partial charge in [0.05, 0.1) is 15.5 Å². The summed E-state index contributed by atoms with van der Waals surface area (Å²) in [6.07, 6.45) is 1.68. The van der Waals surface area contributed by atoms with Gasteiger partial charge in [-0.05, 0) is 62.5 Å². The number of phenols is 1. The highest BCUT2D eigenvalue weighted by Gasteiger charge is 2.27. The number of aromatic hydroxyl groups is 1. The minimum atomic E-state index is -0.230. The SMILES string of the molecule is CC(=O)c1ccc(-c2cnc3c(c2)N(C(=O)c2cc(Br)c(O)c(Br)c2)CCO3)cc1. The third-order valence-electron chi connectivity index (χ3n) is 4.81. The summed E-state index contributed by atoms with van der Waals surface area (Å²) < 4.78 is 6.48. The zero-order chi connectivity index (χ0) is 21.4. The first kappa shape index (κ1) is 20.6. The molecule has 0 unspecified atom stereocenters. The van der Waals surface area contributed by atoms with Crippen LogP contribution in [0, 0.1) is 0 Å². The Bertz CT molecular complexity index is 1140. The van der Waals surface area contributed by atoms with Crippen molar-refractivity contribution >= 4 is 49.2 Å². The van der Waals surface area contributed by atoms with Crippen molar-refractivity contribution in [3.05, 3.63) is 68.7 Å². The van der Waals surface area contributed by atoms with Crippen LogP contribution in [-0.2, 0) is 0 Å².